The van der Waals surface area contributed by atoms with E-state index in [9.17, 15) is 9.90 Å². The van der Waals surface area contributed by atoms with Crippen molar-refractivity contribution >= 4 is 22.7 Å². The first kappa shape index (κ1) is 15.3. The van der Waals surface area contributed by atoms with E-state index in [1.165, 1.54) is 0 Å². The van der Waals surface area contributed by atoms with Gasteiger partial charge in [0.05, 0.1) is 11.1 Å². The van der Waals surface area contributed by atoms with Gasteiger partial charge in [0, 0.05) is 18.5 Å². The molecule has 0 bridgehead atoms. The molecule has 1 aromatic heterocycles. The van der Waals surface area contributed by atoms with Crippen LogP contribution in [0.2, 0.25) is 0 Å². The van der Waals surface area contributed by atoms with Gasteiger partial charge in [0.25, 0.3) is 0 Å². The minimum Gasteiger partial charge on any atom is -0.478 e. The number of carbonyl (C=O) groups is 1. The summed E-state index contributed by atoms with van der Waals surface area (Å²) in [5.74, 6) is -0.0703. The molecule has 0 fully saturated rings. The van der Waals surface area contributed by atoms with Gasteiger partial charge >= 0.3 is 5.97 Å². The third-order valence-electron chi connectivity index (χ3n) is 4.14. The predicted octanol–water partition coefficient (Wildman–Crippen LogP) is 3.80. The number of fused-ring (bicyclic) bond motifs is 1. The van der Waals surface area contributed by atoms with Crippen molar-refractivity contribution in [2.75, 3.05) is 11.9 Å². The highest BCUT2D eigenvalue weighted by atomic mass is 16.4. The minimum absolute atomic E-state index is 0.133. The Morgan fingerprint density at radius 2 is 1.90 bits per heavy atom. The summed E-state index contributed by atoms with van der Waals surface area (Å²) in [5, 5.41) is 9.89. The number of nitrogens with zero attached hydrogens (tertiary/aromatic N) is 2. The zero-order valence-corrected chi connectivity index (χ0v) is 13.2. The van der Waals surface area contributed by atoms with Crippen LogP contribution in [0, 0.1) is 5.41 Å². The zero-order valence-electron chi connectivity index (χ0n) is 13.2. The molecule has 4 nitrogen and oxygen atoms in total. The van der Waals surface area contributed by atoms with E-state index in [0.717, 1.165) is 5.82 Å². The highest BCUT2D eigenvalue weighted by Gasteiger charge is 2.25. The topological polar surface area (TPSA) is 53.4 Å². The Balaban J connectivity index is 2.47. The average Bonchev–Trinajstić information content (AvgIpc) is 2.43. The van der Waals surface area contributed by atoms with Crippen LogP contribution in [0.25, 0.3) is 10.9 Å². The van der Waals surface area contributed by atoms with E-state index in [1.54, 1.807) is 12.1 Å². The molecule has 0 spiro atoms. The second kappa shape index (κ2) is 5.35. The molecule has 4 heteroatoms. The van der Waals surface area contributed by atoms with Crippen molar-refractivity contribution in [3.05, 3.63) is 35.9 Å². The van der Waals surface area contributed by atoms with E-state index in [0.29, 0.717) is 16.9 Å². The van der Waals surface area contributed by atoms with Crippen molar-refractivity contribution in [1.29, 1.82) is 0 Å². The summed E-state index contributed by atoms with van der Waals surface area (Å²) in [7, 11) is 2.02. The van der Waals surface area contributed by atoms with Crippen LogP contribution >= 0.6 is 0 Å². The van der Waals surface area contributed by atoms with Gasteiger partial charge in [-0.2, -0.15) is 0 Å². The Bertz CT molecular complexity index is 674. The molecule has 0 aliphatic carbocycles. The Morgan fingerprint density at radius 1 is 1.24 bits per heavy atom. The number of pyridine rings is 1. The number of carboxylic acids is 1. The lowest BCUT2D eigenvalue weighted by atomic mass is 9.87. The summed E-state index contributed by atoms with van der Waals surface area (Å²) in [6, 6.07) is 9.22. The molecule has 0 aliphatic heterocycles. The largest absolute Gasteiger partial charge is 0.478 e. The highest BCUT2D eigenvalue weighted by molar-refractivity contribution is 6.02. The van der Waals surface area contributed by atoms with Crippen molar-refractivity contribution < 1.29 is 9.90 Å². The van der Waals surface area contributed by atoms with E-state index in [2.05, 4.69) is 37.6 Å². The van der Waals surface area contributed by atoms with Gasteiger partial charge in [-0.15, -0.1) is 0 Å². The van der Waals surface area contributed by atoms with Crippen molar-refractivity contribution in [1.82, 2.24) is 4.98 Å². The van der Waals surface area contributed by atoms with Crippen LogP contribution in [-0.2, 0) is 0 Å². The first-order valence-corrected chi connectivity index (χ1v) is 7.07. The first-order valence-electron chi connectivity index (χ1n) is 7.07. The number of carboxylic acid groups (broad SMARTS) is 1. The zero-order chi connectivity index (χ0) is 15.8. The predicted molar refractivity (Wildman–Crippen MR) is 86.0 cm³/mol. The summed E-state index contributed by atoms with van der Waals surface area (Å²) in [5.41, 5.74) is 1.13. The summed E-state index contributed by atoms with van der Waals surface area (Å²) in [6.45, 7) is 8.74. The van der Waals surface area contributed by atoms with Gasteiger partial charge in [-0.1, -0.05) is 26.8 Å². The molecule has 2 aromatic rings. The monoisotopic (exact) mass is 286 g/mol. The van der Waals surface area contributed by atoms with Gasteiger partial charge < -0.3 is 10.0 Å². The molecule has 1 heterocycles. The van der Waals surface area contributed by atoms with E-state index < -0.39 is 5.97 Å². The van der Waals surface area contributed by atoms with Gasteiger partial charge in [-0.3, -0.25) is 0 Å². The molecule has 1 atom stereocenters. The molecular formula is C17H22N2O2. The first-order chi connectivity index (χ1) is 9.71. The van der Waals surface area contributed by atoms with Gasteiger partial charge in [-0.05, 0) is 36.6 Å². The smallest absolute Gasteiger partial charge is 0.336 e. The normalized spacial score (nSPS) is 13.2. The fourth-order valence-corrected chi connectivity index (χ4v) is 2.31. The Labute approximate surface area is 125 Å². The van der Waals surface area contributed by atoms with Crippen molar-refractivity contribution in [2.45, 2.75) is 33.7 Å². The molecule has 2 rings (SSSR count). The van der Waals surface area contributed by atoms with E-state index >= 15 is 0 Å². The third-order valence-corrected chi connectivity index (χ3v) is 4.14. The average molecular weight is 286 g/mol. The lowest BCUT2D eigenvalue weighted by Gasteiger charge is -2.36. The summed E-state index contributed by atoms with van der Waals surface area (Å²) in [4.78, 5) is 18.0. The second-order valence-electron chi connectivity index (χ2n) is 6.50. The van der Waals surface area contributed by atoms with E-state index in [4.69, 9.17) is 0 Å². The van der Waals surface area contributed by atoms with Crippen LogP contribution < -0.4 is 4.90 Å². The number of aromatic nitrogens is 1. The van der Waals surface area contributed by atoms with Crippen LogP contribution in [0.1, 0.15) is 38.1 Å². The highest BCUT2D eigenvalue weighted by Crippen LogP contribution is 2.28. The van der Waals surface area contributed by atoms with Crippen molar-refractivity contribution in [3.63, 3.8) is 0 Å². The van der Waals surface area contributed by atoms with Gasteiger partial charge in [0.1, 0.15) is 5.82 Å². The summed E-state index contributed by atoms with van der Waals surface area (Å²) >= 11 is 0. The number of hydrogen-bond donors (Lipinski definition) is 1. The molecular weight excluding hydrogens is 264 g/mol. The van der Waals surface area contributed by atoms with Gasteiger partial charge in [0.2, 0.25) is 0 Å². The summed E-state index contributed by atoms with van der Waals surface area (Å²) in [6.07, 6.45) is 0. The Morgan fingerprint density at radius 3 is 2.48 bits per heavy atom. The summed E-state index contributed by atoms with van der Waals surface area (Å²) < 4.78 is 0. The van der Waals surface area contributed by atoms with Gasteiger partial charge in [0.15, 0.2) is 0 Å². The Hall–Kier alpha value is -2.10. The van der Waals surface area contributed by atoms with E-state index in [-0.39, 0.29) is 11.0 Å². The minimum atomic E-state index is -0.924. The molecule has 0 saturated carbocycles. The number of benzene rings is 1. The van der Waals surface area contributed by atoms with Crippen LogP contribution in [-0.4, -0.2) is 29.1 Å². The number of anilines is 1. The molecule has 0 radical (unpaired) electrons. The van der Waals surface area contributed by atoms with Crippen LogP contribution in [0.3, 0.4) is 0 Å². The maximum atomic E-state index is 11.2. The molecule has 21 heavy (non-hydrogen) atoms. The molecule has 112 valence electrons. The Kier molecular flexibility index (Phi) is 3.90. The quantitative estimate of drug-likeness (QED) is 0.932. The lowest BCUT2D eigenvalue weighted by Crippen LogP contribution is -2.39. The van der Waals surface area contributed by atoms with Crippen molar-refractivity contribution in [3.8, 4) is 0 Å². The molecule has 0 saturated heterocycles. The van der Waals surface area contributed by atoms with Crippen molar-refractivity contribution in [2.24, 2.45) is 5.41 Å². The van der Waals surface area contributed by atoms with Crippen LogP contribution in [0.5, 0.6) is 0 Å². The third kappa shape index (κ3) is 2.99. The fraction of sp³-hybridized carbons (Fsp3) is 0.412. The number of hydrogen-bond acceptors (Lipinski definition) is 3. The molecule has 1 aromatic carbocycles. The van der Waals surface area contributed by atoms with E-state index in [1.807, 2.05) is 25.2 Å². The van der Waals surface area contributed by atoms with Crippen LogP contribution in [0.4, 0.5) is 5.82 Å². The lowest BCUT2D eigenvalue weighted by molar-refractivity contribution is 0.0699. The fourth-order valence-electron chi connectivity index (χ4n) is 2.31. The molecule has 1 N–H and O–H groups in total. The van der Waals surface area contributed by atoms with Gasteiger partial charge in [-0.25, -0.2) is 9.78 Å². The molecule has 0 aliphatic rings. The number of rotatable bonds is 3. The maximum Gasteiger partial charge on any atom is 0.336 e. The SMILES string of the molecule is CC(N(C)c1ccc2c(C(=O)O)cccc2n1)C(C)(C)C. The molecule has 0 amide bonds. The standard InChI is InChI=1S/C17H22N2O2/c1-11(17(2,3)4)19(5)15-10-9-12-13(16(20)21)7-6-8-14(12)18-15/h6-11H,1-5H3,(H,20,21). The maximum absolute atomic E-state index is 11.2. The van der Waals surface area contributed by atoms with Crippen LogP contribution in [0.15, 0.2) is 30.3 Å². The number of aromatic carboxylic acids is 1. The molecule has 1 unspecified atom stereocenters. The second-order valence-corrected chi connectivity index (χ2v) is 6.50.